The third kappa shape index (κ3) is 3.86. The first-order valence-corrected chi connectivity index (χ1v) is 11.8. The Hall–Kier alpha value is -3.32. The number of hydrogen-bond acceptors (Lipinski definition) is 5. The van der Waals surface area contributed by atoms with E-state index in [0.717, 1.165) is 74.7 Å². The van der Waals surface area contributed by atoms with Gasteiger partial charge in [0.15, 0.2) is 17.2 Å². The molecule has 170 valence electrons. The lowest BCUT2D eigenvalue weighted by molar-refractivity contribution is 0.0621. The van der Waals surface area contributed by atoms with Crippen LogP contribution in [-0.2, 0) is 19.4 Å². The molecule has 1 aromatic heterocycles. The summed E-state index contributed by atoms with van der Waals surface area (Å²) >= 11 is 0. The fourth-order valence-corrected chi connectivity index (χ4v) is 5.10. The quantitative estimate of drug-likeness (QED) is 0.619. The van der Waals surface area contributed by atoms with Crippen LogP contribution in [0, 0.1) is 0 Å². The Balaban J connectivity index is 1.13. The number of rotatable bonds is 4. The second-order valence-corrected chi connectivity index (χ2v) is 8.92. The Bertz CT molecular complexity index is 1170. The van der Waals surface area contributed by atoms with E-state index in [-0.39, 0.29) is 5.91 Å². The van der Waals surface area contributed by atoms with Crippen molar-refractivity contribution in [3.63, 3.8) is 0 Å². The second-order valence-electron chi connectivity index (χ2n) is 8.92. The fourth-order valence-electron chi connectivity index (χ4n) is 5.10. The average Bonchev–Trinajstić information content (AvgIpc) is 3.48. The summed E-state index contributed by atoms with van der Waals surface area (Å²) in [5, 5.41) is 4.79. The van der Waals surface area contributed by atoms with Gasteiger partial charge in [0.2, 0.25) is 0 Å². The number of carbonyl (C=O) groups is 1. The molecule has 33 heavy (non-hydrogen) atoms. The third-order valence-corrected chi connectivity index (χ3v) is 6.81. The van der Waals surface area contributed by atoms with Crippen LogP contribution in [0.3, 0.4) is 0 Å². The molecule has 2 aromatic carbocycles. The summed E-state index contributed by atoms with van der Waals surface area (Å²) in [7, 11) is 0. The smallest absolute Gasteiger partial charge is 0.274 e. The van der Waals surface area contributed by atoms with E-state index in [4.69, 9.17) is 14.6 Å². The van der Waals surface area contributed by atoms with Crippen molar-refractivity contribution >= 4 is 5.91 Å². The van der Waals surface area contributed by atoms with Crippen LogP contribution in [0.25, 0.3) is 5.69 Å². The van der Waals surface area contributed by atoms with Crippen LogP contribution in [0.2, 0.25) is 0 Å². The maximum atomic E-state index is 13.4. The molecule has 7 nitrogen and oxygen atoms in total. The fraction of sp³-hybridized carbons (Fsp3) is 0.385. The van der Waals surface area contributed by atoms with Gasteiger partial charge in [-0.15, -0.1) is 0 Å². The molecule has 6 rings (SSSR count). The second kappa shape index (κ2) is 8.56. The summed E-state index contributed by atoms with van der Waals surface area (Å²) in [6.07, 6.45) is 3.00. The van der Waals surface area contributed by atoms with Crippen LogP contribution in [0.1, 0.15) is 33.7 Å². The minimum Gasteiger partial charge on any atom is -0.486 e. The molecule has 3 heterocycles. The van der Waals surface area contributed by atoms with Crippen molar-refractivity contribution in [3.8, 4) is 17.2 Å². The van der Waals surface area contributed by atoms with Crippen LogP contribution < -0.4 is 9.47 Å². The van der Waals surface area contributed by atoms with Crippen molar-refractivity contribution < 1.29 is 14.3 Å². The third-order valence-electron chi connectivity index (χ3n) is 6.81. The average molecular weight is 445 g/mol. The van der Waals surface area contributed by atoms with Gasteiger partial charge in [0.1, 0.15) is 13.2 Å². The van der Waals surface area contributed by atoms with Gasteiger partial charge in [-0.1, -0.05) is 24.3 Å². The topological polar surface area (TPSA) is 59.8 Å². The van der Waals surface area contributed by atoms with Gasteiger partial charge < -0.3 is 14.4 Å². The highest BCUT2D eigenvalue weighted by Crippen LogP contribution is 2.32. The number of carbonyl (C=O) groups excluding carboxylic acids is 1. The number of para-hydroxylation sites is 1. The Kier molecular flexibility index (Phi) is 5.26. The van der Waals surface area contributed by atoms with Crippen LogP contribution in [0.5, 0.6) is 11.5 Å². The molecule has 0 spiro atoms. The monoisotopic (exact) mass is 444 g/mol. The van der Waals surface area contributed by atoms with Crippen molar-refractivity contribution in [1.82, 2.24) is 19.6 Å². The molecule has 3 aliphatic rings. The summed E-state index contributed by atoms with van der Waals surface area (Å²) in [4.78, 5) is 17.8. The first-order chi connectivity index (χ1) is 16.3. The Morgan fingerprint density at radius 2 is 1.70 bits per heavy atom. The highest BCUT2D eigenvalue weighted by molar-refractivity contribution is 5.94. The zero-order valence-electron chi connectivity index (χ0n) is 18.7. The zero-order valence-corrected chi connectivity index (χ0v) is 18.7. The number of amides is 1. The lowest BCUT2D eigenvalue weighted by Gasteiger charge is -2.34. The summed E-state index contributed by atoms with van der Waals surface area (Å²) < 4.78 is 13.3. The van der Waals surface area contributed by atoms with Gasteiger partial charge in [-0.25, -0.2) is 4.68 Å². The number of benzene rings is 2. The molecule has 1 amide bonds. The predicted molar refractivity (Wildman–Crippen MR) is 124 cm³/mol. The van der Waals surface area contributed by atoms with Crippen LogP contribution >= 0.6 is 0 Å². The molecule has 0 unspecified atom stereocenters. The molecular formula is C26H28N4O3. The van der Waals surface area contributed by atoms with Crippen molar-refractivity contribution in [3.05, 3.63) is 71.0 Å². The van der Waals surface area contributed by atoms with Crippen molar-refractivity contribution in [1.29, 1.82) is 0 Å². The first kappa shape index (κ1) is 20.3. The largest absolute Gasteiger partial charge is 0.486 e. The van der Waals surface area contributed by atoms with Crippen molar-refractivity contribution in [2.75, 3.05) is 39.4 Å². The summed E-state index contributed by atoms with van der Waals surface area (Å²) in [5.41, 5.74) is 5.22. The minimum absolute atomic E-state index is 0.0711. The molecule has 0 bridgehead atoms. The van der Waals surface area contributed by atoms with E-state index in [9.17, 15) is 4.79 Å². The summed E-state index contributed by atoms with van der Waals surface area (Å²) in [6, 6.07) is 16.3. The van der Waals surface area contributed by atoms with Gasteiger partial charge in [0.25, 0.3) is 5.91 Å². The number of fused-ring (bicyclic) bond motifs is 2. The van der Waals surface area contributed by atoms with E-state index in [0.29, 0.717) is 18.9 Å². The number of nitrogens with zero attached hydrogens (tertiary/aromatic N) is 4. The lowest BCUT2D eigenvalue weighted by atomic mass is 10.1. The summed E-state index contributed by atoms with van der Waals surface area (Å²) in [5.74, 6) is 1.72. The van der Waals surface area contributed by atoms with E-state index in [1.807, 2.05) is 33.8 Å². The van der Waals surface area contributed by atoms with E-state index in [1.165, 1.54) is 11.3 Å². The minimum atomic E-state index is 0.0711. The normalized spacial score (nSPS) is 17.8. The van der Waals surface area contributed by atoms with Crippen LogP contribution in [0.4, 0.5) is 0 Å². The number of aromatic nitrogens is 2. The molecule has 7 heteroatoms. The zero-order chi connectivity index (χ0) is 22.2. The molecule has 2 aliphatic heterocycles. The van der Waals surface area contributed by atoms with E-state index in [1.54, 1.807) is 0 Å². The SMILES string of the molecule is O=C(c1nn(-c2ccccc2)c2c1CCC2)N1CCN(Cc2ccc3c(c2)OCCO3)CC1. The molecule has 0 saturated carbocycles. The molecule has 0 N–H and O–H groups in total. The Morgan fingerprint density at radius 1 is 0.909 bits per heavy atom. The van der Waals surface area contributed by atoms with Gasteiger partial charge in [0.05, 0.1) is 5.69 Å². The van der Waals surface area contributed by atoms with Gasteiger partial charge in [-0.2, -0.15) is 5.10 Å². The first-order valence-electron chi connectivity index (χ1n) is 11.8. The van der Waals surface area contributed by atoms with Crippen molar-refractivity contribution in [2.24, 2.45) is 0 Å². The highest BCUT2D eigenvalue weighted by Gasteiger charge is 2.31. The maximum Gasteiger partial charge on any atom is 0.274 e. The number of piperazine rings is 1. The predicted octanol–water partition coefficient (Wildman–Crippen LogP) is 3.09. The molecule has 1 saturated heterocycles. The highest BCUT2D eigenvalue weighted by atomic mass is 16.6. The van der Waals surface area contributed by atoms with Crippen molar-refractivity contribution in [2.45, 2.75) is 25.8 Å². The van der Waals surface area contributed by atoms with Gasteiger partial charge >= 0.3 is 0 Å². The standard InChI is InChI=1S/C26H28N4O3/c31-26(25-21-7-4-8-22(21)30(27-25)20-5-2-1-3-6-20)29-13-11-28(12-14-29)18-19-9-10-23-24(17-19)33-16-15-32-23/h1-3,5-6,9-10,17H,4,7-8,11-16,18H2. The molecule has 0 atom stereocenters. The number of ether oxygens (including phenoxy) is 2. The van der Waals surface area contributed by atoms with Crippen LogP contribution in [-0.4, -0.2) is 64.9 Å². The van der Waals surface area contributed by atoms with E-state index in [2.05, 4.69) is 29.2 Å². The van der Waals surface area contributed by atoms with E-state index < -0.39 is 0 Å². The maximum absolute atomic E-state index is 13.4. The molecule has 1 aliphatic carbocycles. The molecule has 1 fully saturated rings. The molecular weight excluding hydrogens is 416 g/mol. The molecule has 0 radical (unpaired) electrons. The summed E-state index contributed by atoms with van der Waals surface area (Å²) in [6.45, 7) is 5.18. The van der Waals surface area contributed by atoms with Gasteiger partial charge in [0, 0.05) is 44.0 Å². The Morgan fingerprint density at radius 3 is 2.52 bits per heavy atom. The molecule has 3 aromatic rings. The lowest BCUT2D eigenvalue weighted by Crippen LogP contribution is -2.48. The van der Waals surface area contributed by atoms with Gasteiger partial charge in [-0.3, -0.25) is 9.69 Å². The van der Waals surface area contributed by atoms with E-state index >= 15 is 0 Å². The van der Waals surface area contributed by atoms with Gasteiger partial charge in [-0.05, 0) is 49.1 Å². The number of hydrogen-bond donors (Lipinski definition) is 0. The van der Waals surface area contributed by atoms with Crippen LogP contribution in [0.15, 0.2) is 48.5 Å². The Labute approximate surface area is 193 Å².